The second kappa shape index (κ2) is 10.7. The van der Waals surface area contributed by atoms with Crippen LogP contribution >= 0.6 is 0 Å². The van der Waals surface area contributed by atoms with E-state index < -0.39 is 5.91 Å². The van der Waals surface area contributed by atoms with Gasteiger partial charge in [-0.15, -0.1) is 0 Å². The molecule has 1 atom stereocenters. The van der Waals surface area contributed by atoms with Crippen molar-refractivity contribution in [3.05, 3.63) is 90.0 Å². The van der Waals surface area contributed by atoms with Crippen LogP contribution < -0.4 is 15.6 Å². The predicted molar refractivity (Wildman–Crippen MR) is 129 cm³/mol. The van der Waals surface area contributed by atoms with Crippen LogP contribution in [0.1, 0.15) is 30.5 Å². The Hall–Kier alpha value is -4.13. The number of hydrogen-bond donors (Lipinski definition) is 2. The van der Waals surface area contributed by atoms with Gasteiger partial charge >= 0.3 is 0 Å². The summed E-state index contributed by atoms with van der Waals surface area (Å²) in [6.45, 7) is 1.81. The van der Waals surface area contributed by atoms with E-state index in [1.165, 1.54) is 6.92 Å². The quantitative estimate of drug-likeness (QED) is 0.556. The van der Waals surface area contributed by atoms with Crippen LogP contribution in [0.5, 0.6) is 5.75 Å². The molecule has 0 saturated heterocycles. The fraction of sp³-hybridized carbons (Fsp3) is 0.222. The fourth-order valence-electron chi connectivity index (χ4n) is 4.24. The van der Waals surface area contributed by atoms with E-state index in [1.54, 1.807) is 11.0 Å². The van der Waals surface area contributed by atoms with Crippen LogP contribution in [0.25, 0.3) is 11.1 Å². The maximum Gasteiger partial charge on any atom is 0.276 e. The second-order valence-electron chi connectivity index (χ2n) is 8.13. The number of fused-ring (bicyclic) bond motifs is 1. The van der Waals surface area contributed by atoms with Gasteiger partial charge in [0.25, 0.3) is 5.91 Å². The van der Waals surface area contributed by atoms with Crippen molar-refractivity contribution in [1.29, 1.82) is 0 Å². The Labute approximate surface area is 198 Å². The summed E-state index contributed by atoms with van der Waals surface area (Å²) in [7, 11) is 0. The van der Waals surface area contributed by atoms with E-state index >= 15 is 0 Å². The molecule has 1 aliphatic rings. The van der Waals surface area contributed by atoms with Crippen molar-refractivity contribution in [1.82, 2.24) is 15.8 Å². The molecule has 1 aliphatic heterocycles. The third-order valence-electron chi connectivity index (χ3n) is 5.87. The highest BCUT2D eigenvalue weighted by molar-refractivity contribution is 5.84. The average molecular weight is 458 g/mol. The van der Waals surface area contributed by atoms with Gasteiger partial charge in [0, 0.05) is 19.0 Å². The van der Waals surface area contributed by atoms with Gasteiger partial charge in [-0.2, -0.15) is 0 Å². The summed E-state index contributed by atoms with van der Waals surface area (Å²) in [5.41, 5.74) is 8.80. The number of para-hydroxylation sites is 1. The highest BCUT2D eigenvalue weighted by Gasteiger charge is 2.30. The molecule has 0 saturated carbocycles. The summed E-state index contributed by atoms with van der Waals surface area (Å²) in [6.07, 6.45) is 0.807. The Morgan fingerprint density at radius 1 is 0.882 bits per heavy atom. The summed E-state index contributed by atoms with van der Waals surface area (Å²) in [5, 5.41) is 0. The Balaban J connectivity index is 1.33. The Morgan fingerprint density at radius 3 is 2.35 bits per heavy atom. The Morgan fingerprint density at radius 2 is 1.56 bits per heavy atom. The first-order valence-electron chi connectivity index (χ1n) is 11.2. The predicted octanol–water partition coefficient (Wildman–Crippen LogP) is 3.42. The Kier molecular flexibility index (Phi) is 7.22. The van der Waals surface area contributed by atoms with E-state index in [9.17, 15) is 14.4 Å². The van der Waals surface area contributed by atoms with E-state index in [4.69, 9.17) is 4.74 Å². The molecule has 4 rings (SSSR count). The minimum absolute atomic E-state index is 0.0502. The van der Waals surface area contributed by atoms with Crippen molar-refractivity contribution < 1.29 is 19.1 Å². The molecule has 174 valence electrons. The lowest BCUT2D eigenvalue weighted by molar-refractivity contribution is -0.135. The molecule has 2 N–H and O–H groups in total. The number of rotatable bonds is 6. The second-order valence-corrected chi connectivity index (χ2v) is 8.13. The lowest BCUT2D eigenvalue weighted by Gasteiger charge is -2.36. The van der Waals surface area contributed by atoms with Gasteiger partial charge in [0.1, 0.15) is 5.75 Å². The standard InChI is InChI=1S/C27H27N3O4/c1-19(31)30-16-15-21-11-5-6-12-22(21)24(30)17-26(32)28-29-27(33)18-34-25-14-8-7-13-23(25)20-9-3-2-4-10-20/h2-14,24H,15-18H2,1H3,(H,28,32)(H,29,33). The van der Waals surface area contributed by atoms with Crippen molar-refractivity contribution in [2.45, 2.75) is 25.8 Å². The highest BCUT2D eigenvalue weighted by atomic mass is 16.5. The van der Waals surface area contributed by atoms with Crippen molar-refractivity contribution >= 4 is 17.7 Å². The van der Waals surface area contributed by atoms with Crippen LogP contribution in [0.3, 0.4) is 0 Å². The van der Waals surface area contributed by atoms with E-state index in [2.05, 4.69) is 10.9 Å². The lowest BCUT2D eigenvalue weighted by Crippen LogP contribution is -2.46. The third-order valence-corrected chi connectivity index (χ3v) is 5.87. The summed E-state index contributed by atoms with van der Waals surface area (Å²) < 4.78 is 5.71. The molecule has 1 heterocycles. The van der Waals surface area contributed by atoms with Crippen molar-refractivity contribution in [3.8, 4) is 16.9 Å². The molecular weight excluding hydrogens is 430 g/mol. The number of hydrazine groups is 1. The molecule has 3 aromatic rings. The number of nitrogens with zero attached hydrogens (tertiary/aromatic N) is 1. The van der Waals surface area contributed by atoms with Crippen LogP contribution in [-0.2, 0) is 20.8 Å². The summed E-state index contributed by atoms with van der Waals surface area (Å²) in [4.78, 5) is 38.7. The van der Waals surface area contributed by atoms with Crippen LogP contribution in [0, 0.1) is 0 Å². The van der Waals surface area contributed by atoms with Crippen molar-refractivity contribution in [2.75, 3.05) is 13.2 Å². The van der Waals surface area contributed by atoms with Gasteiger partial charge in [0.15, 0.2) is 6.61 Å². The number of carbonyl (C=O) groups is 3. The molecule has 0 radical (unpaired) electrons. The van der Waals surface area contributed by atoms with E-state index in [1.807, 2.05) is 72.8 Å². The zero-order valence-corrected chi connectivity index (χ0v) is 19.0. The minimum Gasteiger partial charge on any atom is -0.483 e. The van der Waals surface area contributed by atoms with Gasteiger partial charge in [0.05, 0.1) is 12.5 Å². The van der Waals surface area contributed by atoms with Crippen LogP contribution in [-0.4, -0.2) is 35.8 Å². The van der Waals surface area contributed by atoms with Crippen LogP contribution in [0.15, 0.2) is 78.9 Å². The van der Waals surface area contributed by atoms with Gasteiger partial charge in [-0.3, -0.25) is 25.2 Å². The minimum atomic E-state index is -0.483. The van der Waals surface area contributed by atoms with Gasteiger partial charge < -0.3 is 9.64 Å². The van der Waals surface area contributed by atoms with Gasteiger partial charge in [-0.1, -0.05) is 72.8 Å². The summed E-state index contributed by atoms with van der Waals surface area (Å²) in [6, 6.07) is 24.7. The van der Waals surface area contributed by atoms with Gasteiger partial charge in [0.2, 0.25) is 11.8 Å². The zero-order chi connectivity index (χ0) is 23.9. The molecule has 7 nitrogen and oxygen atoms in total. The molecule has 34 heavy (non-hydrogen) atoms. The lowest BCUT2D eigenvalue weighted by atomic mass is 9.90. The summed E-state index contributed by atoms with van der Waals surface area (Å²) in [5.74, 6) is -0.373. The maximum atomic E-state index is 12.6. The first-order valence-corrected chi connectivity index (χ1v) is 11.2. The number of amides is 3. The number of benzene rings is 3. The van der Waals surface area contributed by atoms with E-state index in [0.717, 1.165) is 28.7 Å². The molecule has 3 aromatic carbocycles. The molecule has 0 bridgehead atoms. The third kappa shape index (κ3) is 5.43. The smallest absolute Gasteiger partial charge is 0.276 e. The first-order chi connectivity index (χ1) is 16.5. The molecule has 1 unspecified atom stereocenters. The molecular formula is C27H27N3O4. The largest absolute Gasteiger partial charge is 0.483 e. The van der Waals surface area contributed by atoms with Gasteiger partial charge in [-0.25, -0.2) is 0 Å². The maximum absolute atomic E-state index is 12.6. The first kappa shape index (κ1) is 23.0. The van der Waals surface area contributed by atoms with Crippen molar-refractivity contribution in [2.24, 2.45) is 0 Å². The molecule has 0 aromatic heterocycles. The SMILES string of the molecule is CC(=O)N1CCc2ccccc2C1CC(=O)NNC(=O)COc1ccccc1-c1ccccc1. The monoisotopic (exact) mass is 457 g/mol. The fourth-order valence-corrected chi connectivity index (χ4v) is 4.24. The van der Waals surface area contributed by atoms with Gasteiger partial charge in [-0.05, 0) is 29.2 Å². The van der Waals surface area contributed by atoms with Crippen molar-refractivity contribution in [3.63, 3.8) is 0 Å². The topological polar surface area (TPSA) is 87.7 Å². The van der Waals surface area contributed by atoms with E-state index in [0.29, 0.717) is 12.3 Å². The van der Waals surface area contributed by atoms with Crippen LogP contribution in [0.4, 0.5) is 0 Å². The number of carbonyl (C=O) groups excluding carboxylic acids is 3. The average Bonchev–Trinajstić information content (AvgIpc) is 2.87. The van der Waals surface area contributed by atoms with E-state index in [-0.39, 0.29) is 30.9 Å². The van der Waals surface area contributed by atoms with Crippen LogP contribution in [0.2, 0.25) is 0 Å². The number of ether oxygens (including phenoxy) is 1. The number of nitrogens with one attached hydrogen (secondary N) is 2. The zero-order valence-electron chi connectivity index (χ0n) is 19.0. The molecule has 0 spiro atoms. The highest BCUT2D eigenvalue weighted by Crippen LogP contribution is 2.32. The normalized spacial score (nSPS) is 14.6. The Bertz CT molecular complexity index is 1180. The summed E-state index contributed by atoms with van der Waals surface area (Å²) >= 11 is 0. The molecule has 0 aliphatic carbocycles. The molecule has 3 amide bonds. The molecule has 7 heteroatoms. The number of hydrogen-bond acceptors (Lipinski definition) is 4. The molecule has 0 fully saturated rings.